The van der Waals surface area contributed by atoms with E-state index in [0.717, 1.165) is 16.7 Å². The van der Waals surface area contributed by atoms with Crippen LogP contribution in [0, 0.1) is 0 Å². The molecule has 0 saturated heterocycles. The fraction of sp³-hybridized carbons (Fsp3) is 0.643. The average molecular weight is 347 g/mol. The zero-order valence-electron chi connectivity index (χ0n) is 12.5. The fourth-order valence-electron chi connectivity index (χ4n) is 1.58. The van der Waals surface area contributed by atoms with Gasteiger partial charge in [0.05, 0.1) is 17.3 Å². The van der Waals surface area contributed by atoms with Crippen molar-refractivity contribution in [3.05, 3.63) is 22.6 Å². The first-order chi connectivity index (χ1) is 9.31. The van der Waals surface area contributed by atoms with E-state index in [0.29, 0.717) is 13.1 Å². The number of carbonyl (C=O) groups excluding carboxylic acids is 1. The third-order valence-electron chi connectivity index (χ3n) is 2.58. The van der Waals surface area contributed by atoms with E-state index >= 15 is 0 Å². The predicted octanol–water partition coefficient (Wildman–Crippen LogP) is 3.44. The smallest absolute Gasteiger partial charge is 0.407 e. The molecular weight excluding hydrogens is 324 g/mol. The molecule has 1 aromatic heterocycles. The second-order valence-electron chi connectivity index (χ2n) is 5.57. The van der Waals surface area contributed by atoms with Gasteiger partial charge in [-0.25, -0.2) is 4.79 Å². The number of rotatable bonds is 6. The summed E-state index contributed by atoms with van der Waals surface area (Å²) in [5, 5.41) is 6.11. The largest absolute Gasteiger partial charge is 0.467 e. The monoisotopic (exact) mass is 346 g/mol. The van der Waals surface area contributed by atoms with Crippen molar-refractivity contribution >= 4 is 22.0 Å². The lowest BCUT2D eigenvalue weighted by molar-refractivity contribution is 0.0502. The molecule has 1 unspecified atom stereocenters. The molecule has 0 aliphatic carbocycles. The molecule has 0 bridgehead atoms. The molecule has 0 aromatic carbocycles. The van der Waals surface area contributed by atoms with Gasteiger partial charge in [-0.1, -0.05) is 6.92 Å². The van der Waals surface area contributed by atoms with Crippen molar-refractivity contribution in [2.45, 2.75) is 52.3 Å². The molecular formula is C14H23BrN2O3. The van der Waals surface area contributed by atoms with Crippen molar-refractivity contribution < 1.29 is 13.9 Å². The van der Waals surface area contributed by atoms with E-state index in [4.69, 9.17) is 9.15 Å². The zero-order valence-corrected chi connectivity index (χ0v) is 14.0. The highest BCUT2D eigenvalue weighted by molar-refractivity contribution is 9.10. The lowest BCUT2D eigenvalue weighted by atomic mass is 10.2. The minimum absolute atomic E-state index is 0.0265. The first-order valence-electron chi connectivity index (χ1n) is 6.74. The zero-order chi connectivity index (χ0) is 15.2. The van der Waals surface area contributed by atoms with Gasteiger partial charge in [-0.2, -0.15) is 0 Å². The fourth-order valence-corrected chi connectivity index (χ4v) is 1.92. The highest BCUT2D eigenvalue weighted by atomic mass is 79.9. The van der Waals surface area contributed by atoms with Crippen molar-refractivity contribution in [1.82, 2.24) is 10.6 Å². The van der Waals surface area contributed by atoms with Crippen molar-refractivity contribution in [1.29, 1.82) is 0 Å². The standard InChI is InChI=1S/C14H23BrN2O3/c1-5-10(17-13(18)20-14(2,3)4)8-16-9-12-11(15)6-7-19-12/h6-7,10,16H,5,8-9H2,1-4H3,(H,17,18). The number of nitrogens with one attached hydrogen (secondary N) is 2. The number of halogens is 1. The maximum Gasteiger partial charge on any atom is 0.407 e. The van der Waals surface area contributed by atoms with E-state index in [9.17, 15) is 4.79 Å². The van der Waals surface area contributed by atoms with Gasteiger partial charge in [-0.05, 0) is 49.2 Å². The van der Waals surface area contributed by atoms with Crippen LogP contribution >= 0.6 is 15.9 Å². The van der Waals surface area contributed by atoms with E-state index in [1.54, 1.807) is 6.26 Å². The third kappa shape index (κ3) is 6.43. The van der Waals surface area contributed by atoms with Crippen LogP contribution in [0.15, 0.2) is 21.2 Å². The first kappa shape index (κ1) is 17.0. The SMILES string of the molecule is CCC(CNCc1occc1Br)NC(=O)OC(C)(C)C. The van der Waals surface area contributed by atoms with Crippen molar-refractivity contribution in [2.75, 3.05) is 6.54 Å². The third-order valence-corrected chi connectivity index (χ3v) is 3.29. The second-order valence-corrected chi connectivity index (χ2v) is 6.43. The molecule has 0 fully saturated rings. The highest BCUT2D eigenvalue weighted by Crippen LogP contribution is 2.16. The molecule has 1 heterocycles. The van der Waals surface area contributed by atoms with Crippen LogP contribution in [-0.4, -0.2) is 24.3 Å². The van der Waals surface area contributed by atoms with Crippen LogP contribution in [0.4, 0.5) is 4.79 Å². The number of hydrogen-bond acceptors (Lipinski definition) is 4. The van der Waals surface area contributed by atoms with E-state index in [1.807, 2.05) is 33.8 Å². The maximum absolute atomic E-state index is 11.7. The molecule has 6 heteroatoms. The number of ether oxygens (including phenoxy) is 1. The van der Waals surface area contributed by atoms with Gasteiger partial charge in [0.15, 0.2) is 0 Å². The predicted molar refractivity (Wildman–Crippen MR) is 81.6 cm³/mol. The minimum atomic E-state index is -0.477. The Morgan fingerprint density at radius 3 is 2.70 bits per heavy atom. The Hall–Kier alpha value is -1.01. The summed E-state index contributed by atoms with van der Waals surface area (Å²) in [5.74, 6) is 0.845. The van der Waals surface area contributed by atoms with E-state index < -0.39 is 5.60 Å². The number of furan rings is 1. The van der Waals surface area contributed by atoms with Crippen LogP contribution < -0.4 is 10.6 Å². The summed E-state index contributed by atoms with van der Waals surface area (Å²) < 4.78 is 11.5. The van der Waals surface area contributed by atoms with Gasteiger partial charge in [0.1, 0.15) is 11.4 Å². The van der Waals surface area contributed by atoms with Crippen LogP contribution in [0.25, 0.3) is 0 Å². The Morgan fingerprint density at radius 1 is 1.50 bits per heavy atom. The van der Waals surface area contributed by atoms with E-state index in [-0.39, 0.29) is 12.1 Å². The van der Waals surface area contributed by atoms with Crippen molar-refractivity contribution in [2.24, 2.45) is 0 Å². The van der Waals surface area contributed by atoms with Crippen LogP contribution in [0.2, 0.25) is 0 Å². The lowest BCUT2D eigenvalue weighted by Gasteiger charge is -2.23. The van der Waals surface area contributed by atoms with E-state index in [2.05, 4.69) is 26.6 Å². The number of hydrogen-bond donors (Lipinski definition) is 2. The molecule has 0 spiro atoms. The number of carbonyl (C=O) groups is 1. The molecule has 0 aliphatic rings. The maximum atomic E-state index is 11.7. The summed E-state index contributed by atoms with van der Waals surface area (Å²) in [7, 11) is 0. The number of amides is 1. The molecule has 0 radical (unpaired) electrons. The van der Waals surface area contributed by atoms with Crippen LogP contribution in [0.5, 0.6) is 0 Å². The first-order valence-corrected chi connectivity index (χ1v) is 7.53. The summed E-state index contributed by atoms with van der Waals surface area (Å²) >= 11 is 3.40. The molecule has 5 nitrogen and oxygen atoms in total. The average Bonchev–Trinajstić information content (AvgIpc) is 2.71. The van der Waals surface area contributed by atoms with E-state index in [1.165, 1.54) is 0 Å². The summed E-state index contributed by atoms with van der Waals surface area (Å²) in [6.07, 6.45) is 2.08. The van der Waals surface area contributed by atoms with Crippen LogP contribution in [0.3, 0.4) is 0 Å². The van der Waals surface area contributed by atoms with Crippen LogP contribution in [-0.2, 0) is 11.3 Å². The Labute approximate surface area is 128 Å². The Morgan fingerprint density at radius 2 is 2.20 bits per heavy atom. The van der Waals surface area contributed by atoms with Gasteiger partial charge in [-0.3, -0.25) is 0 Å². The van der Waals surface area contributed by atoms with Crippen LogP contribution in [0.1, 0.15) is 39.9 Å². The summed E-state index contributed by atoms with van der Waals surface area (Å²) in [6, 6.07) is 1.88. The lowest BCUT2D eigenvalue weighted by Crippen LogP contribution is -2.43. The molecule has 1 amide bonds. The minimum Gasteiger partial charge on any atom is -0.467 e. The molecule has 1 rings (SSSR count). The van der Waals surface area contributed by atoms with Crippen molar-refractivity contribution in [3.63, 3.8) is 0 Å². The molecule has 0 saturated carbocycles. The number of alkyl carbamates (subject to hydrolysis) is 1. The van der Waals surface area contributed by atoms with Gasteiger partial charge in [0.25, 0.3) is 0 Å². The molecule has 114 valence electrons. The van der Waals surface area contributed by atoms with Gasteiger partial charge in [-0.15, -0.1) is 0 Å². The Balaban J connectivity index is 2.32. The van der Waals surface area contributed by atoms with Gasteiger partial charge < -0.3 is 19.8 Å². The molecule has 20 heavy (non-hydrogen) atoms. The summed E-state index contributed by atoms with van der Waals surface area (Å²) in [4.78, 5) is 11.7. The van der Waals surface area contributed by atoms with Crippen molar-refractivity contribution in [3.8, 4) is 0 Å². The normalized spacial score (nSPS) is 13.1. The van der Waals surface area contributed by atoms with Gasteiger partial charge in [0, 0.05) is 12.6 Å². The topological polar surface area (TPSA) is 63.5 Å². The Kier molecular flexibility index (Phi) is 6.55. The van der Waals surface area contributed by atoms with Gasteiger partial charge in [0.2, 0.25) is 0 Å². The quantitative estimate of drug-likeness (QED) is 0.828. The molecule has 1 atom stereocenters. The molecule has 0 aliphatic heterocycles. The Bertz CT molecular complexity index is 426. The summed E-state index contributed by atoms with van der Waals surface area (Å²) in [6.45, 7) is 8.83. The second kappa shape index (κ2) is 7.69. The highest BCUT2D eigenvalue weighted by Gasteiger charge is 2.18. The van der Waals surface area contributed by atoms with Gasteiger partial charge >= 0.3 is 6.09 Å². The molecule has 1 aromatic rings. The summed E-state index contributed by atoms with van der Waals surface area (Å²) in [5.41, 5.74) is -0.477. The molecule has 2 N–H and O–H groups in total.